The van der Waals surface area contributed by atoms with Gasteiger partial charge in [0.2, 0.25) is 5.75 Å². The molecule has 0 saturated heterocycles. The Kier molecular flexibility index (Phi) is 10.1. The minimum atomic E-state index is -0.913. The number of nitrogens with zero attached hydrogens (tertiary/aromatic N) is 3. The number of esters is 2. The standard InChI is InChI=1S/C30H22N4O11/c1-42-26-16-22(33(38)39)15-23(34(40)41)28(26)43-18-27(35)32-31-17-19-12-13-24(44-29(36)20-8-4-2-5-9-20)25(14-19)45-30(37)21-10-6-3-7-11-21/h2-17H,18H2,1H3,(H,32,35)/b31-17+. The first-order chi connectivity index (χ1) is 21.7. The van der Waals surface area contributed by atoms with Gasteiger partial charge in [0, 0.05) is 0 Å². The third-order valence-corrected chi connectivity index (χ3v) is 5.79. The molecule has 0 aromatic heterocycles. The molecule has 0 saturated carbocycles. The highest BCUT2D eigenvalue weighted by Gasteiger charge is 2.27. The van der Waals surface area contributed by atoms with Crippen molar-refractivity contribution < 1.29 is 43.2 Å². The van der Waals surface area contributed by atoms with Crippen LogP contribution in [0.2, 0.25) is 0 Å². The van der Waals surface area contributed by atoms with Gasteiger partial charge < -0.3 is 18.9 Å². The molecule has 4 aromatic carbocycles. The van der Waals surface area contributed by atoms with Crippen molar-refractivity contribution in [1.82, 2.24) is 5.43 Å². The number of amides is 1. The summed E-state index contributed by atoms with van der Waals surface area (Å²) in [5.74, 6) is -3.22. The Morgan fingerprint density at radius 2 is 1.38 bits per heavy atom. The summed E-state index contributed by atoms with van der Waals surface area (Å²) in [4.78, 5) is 58.5. The highest BCUT2D eigenvalue weighted by Crippen LogP contribution is 2.40. The molecule has 45 heavy (non-hydrogen) atoms. The molecule has 0 fully saturated rings. The zero-order valence-electron chi connectivity index (χ0n) is 23.3. The lowest BCUT2D eigenvalue weighted by Gasteiger charge is -2.12. The Balaban J connectivity index is 1.48. The van der Waals surface area contributed by atoms with Gasteiger partial charge in [0.05, 0.1) is 46.4 Å². The maximum Gasteiger partial charge on any atom is 0.343 e. The molecule has 0 aliphatic heterocycles. The Morgan fingerprint density at radius 3 is 1.93 bits per heavy atom. The van der Waals surface area contributed by atoms with E-state index in [0.717, 1.165) is 13.2 Å². The second-order valence-electron chi connectivity index (χ2n) is 8.81. The van der Waals surface area contributed by atoms with Crippen LogP contribution in [-0.4, -0.2) is 47.6 Å². The number of nitro groups is 2. The molecule has 0 unspecified atom stereocenters. The summed E-state index contributed by atoms with van der Waals surface area (Å²) in [7, 11) is 1.12. The van der Waals surface area contributed by atoms with E-state index in [1.165, 1.54) is 24.4 Å². The first kappa shape index (κ1) is 31.3. The van der Waals surface area contributed by atoms with E-state index in [-0.39, 0.29) is 28.4 Å². The van der Waals surface area contributed by atoms with Gasteiger partial charge in [-0.3, -0.25) is 25.0 Å². The van der Waals surface area contributed by atoms with Crippen molar-refractivity contribution in [2.24, 2.45) is 5.10 Å². The van der Waals surface area contributed by atoms with E-state index in [1.54, 1.807) is 60.7 Å². The molecule has 0 bridgehead atoms. The molecule has 228 valence electrons. The zero-order valence-corrected chi connectivity index (χ0v) is 23.3. The first-order valence-corrected chi connectivity index (χ1v) is 12.8. The van der Waals surface area contributed by atoms with E-state index < -0.39 is 51.4 Å². The molecule has 0 aliphatic carbocycles. The number of nitrogens with one attached hydrogen (secondary N) is 1. The Morgan fingerprint density at radius 1 is 0.778 bits per heavy atom. The van der Waals surface area contributed by atoms with Crippen molar-refractivity contribution in [1.29, 1.82) is 0 Å². The van der Waals surface area contributed by atoms with Crippen LogP contribution in [0, 0.1) is 20.2 Å². The van der Waals surface area contributed by atoms with Gasteiger partial charge in [-0.1, -0.05) is 36.4 Å². The zero-order chi connectivity index (χ0) is 32.3. The summed E-state index contributed by atoms with van der Waals surface area (Å²) in [6, 6.07) is 22.1. The van der Waals surface area contributed by atoms with Crippen molar-refractivity contribution in [3.8, 4) is 23.0 Å². The predicted octanol–water partition coefficient (Wildman–Crippen LogP) is 4.48. The molecule has 15 heteroatoms. The van der Waals surface area contributed by atoms with Crippen LogP contribution in [-0.2, 0) is 4.79 Å². The number of hydrogen-bond acceptors (Lipinski definition) is 12. The molecule has 0 spiro atoms. The summed E-state index contributed by atoms with van der Waals surface area (Å²) in [5.41, 5.74) is 1.62. The van der Waals surface area contributed by atoms with Crippen LogP contribution >= 0.6 is 0 Å². The van der Waals surface area contributed by atoms with Gasteiger partial charge in [-0.2, -0.15) is 5.10 Å². The van der Waals surface area contributed by atoms with Crippen LogP contribution < -0.4 is 24.4 Å². The highest BCUT2D eigenvalue weighted by atomic mass is 16.6. The number of ether oxygens (including phenoxy) is 4. The van der Waals surface area contributed by atoms with E-state index in [2.05, 4.69) is 10.5 Å². The lowest BCUT2D eigenvalue weighted by Crippen LogP contribution is -2.25. The van der Waals surface area contributed by atoms with Crippen LogP contribution in [0.15, 0.2) is 96.1 Å². The smallest absolute Gasteiger partial charge is 0.343 e. The molecular formula is C30H22N4O11. The van der Waals surface area contributed by atoms with Crippen LogP contribution in [0.4, 0.5) is 11.4 Å². The molecule has 0 aliphatic rings. The van der Waals surface area contributed by atoms with Crippen LogP contribution in [0.3, 0.4) is 0 Å². The highest BCUT2D eigenvalue weighted by molar-refractivity contribution is 5.94. The van der Waals surface area contributed by atoms with Gasteiger partial charge in [0.25, 0.3) is 11.6 Å². The average Bonchev–Trinajstić information content (AvgIpc) is 3.05. The molecule has 15 nitrogen and oxygen atoms in total. The van der Waals surface area contributed by atoms with Crippen molar-refractivity contribution in [3.63, 3.8) is 0 Å². The first-order valence-electron chi connectivity index (χ1n) is 12.8. The minimum Gasteiger partial charge on any atom is -0.492 e. The van der Waals surface area contributed by atoms with Gasteiger partial charge in [-0.25, -0.2) is 15.0 Å². The summed E-state index contributed by atoms with van der Waals surface area (Å²) in [6.45, 7) is -0.763. The van der Waals surface area contributed by atoms with Gasteiger partial charge in [-0.15, -0.1) is 0 Å². The number of benzene rings is 4. The fraction of sp³-hybridized carbons (Fsp3) is 0.0667. The Bertz CT molecular complexity index is 1780. The van der Waals surface area contributed by atoms with Crippen molar-refractivity contribution >= 4 is 35.4 Å². The quantitative estimate of drug-likeness (QED) is 0.0776. The van der Waals surface area contributed by atoms with Gasteiger partial charge in [0.1, 0.15) is 0 Å². The normalized spacial score (nSPS) is 10.5. The van der Waals surface area contributed by atoms with Gasteiger partial charge in [0.15, 0.2) is 23.9 Å². The topological polar surface area (TPSA) is 199 Å². The summed E-state index contributed by atoms with van der Waals surface area (Å²) in [5, 5.41) is 26.3. The Hall–Kier alpha value is -6.64. The minimum absolute atomic E-state index is 0.0543. The number of hydrogen-bond donors (Lipinski definition) is 1. The molecule has 4 aromatic rings. The lowest BCUT2D eigenvalue weighted by atomic mass is 10.2. The van der Waals surface area contributed by atoms with Crippen molar-refractivity contribution in [3.05, 3.63) is 128 Å². The van der Waals surface area contributed by atoms with Crippen LogP contribution in [0.5, 0.6) is 23.0 Å². The van der Waals surface area contributed by atoms with Crippen molar-refractivity contribution in [2.45, 2.75) is 0 Å². The maximum atomic E-state index is 12.7. The number of carbonyl (C=O) groups is 3. The molecule has 0 atom stereocenters. The number of hydrazone groups is 1. The molecule has 0 radical (unpaired) electrons. The van der Waals surface area contributed by atoms with Crippen LogP contribution in [0.25, 0.3) is 0 Å². The van der Waals surface area contributed by atoms with E-state index in [0.29, 0.717) is 11.6 Å². The van der Waals surface area contributed by atoms with E-state index in [9.17, 15) is 34.6 Å². The molecule has 4 rings (SSSR count). The Labute approximate surface area is 253 Å². The summed E-state index contributed by atoms with van der Waals surface area (Å²) < 4.78 is 21.2. The lowest BCUT2D eigenvalue weighted by molar-refractivity contribution is -0.394. The predicted molar refractivity (Wildman–Crippen MR) is 157 cm³/mol. The second kappa shape index (κ2) is 14.5. The van der Waals surface area contributed by atoms with Crippen LogP contribution in [0.1, 0.15) is 26.3 Å². The van der Waals surface area contributed by atoms with Crippen molar-refractivity contribution in [2.75, 3.05) is 13.7 Å². The third-order valence-electron chi connectivity index (χ3n) is 5.79. The molecule has 1 amide bonds. The van der Waals surface area contributed by atoms with E-state index in [4.69, 9.17) is 18.9 Å². The summed E-state index contributed by atoms with van der Waals surface area (Å²) in [6.07, 6.45) is 1.19. The largest absolute Gasteiger partial charge is 0.492 e. The third kappa shape index (κ3) is 8.23. The number of nitro benzene ring substituents is 2. The van der Waals surface area contributed by atoms with Gasteiger partial charge in [-0.05, 0) is 48.0 Å². The van der Waals surface area contributed by atoms with Gasteiger partial charge >= 0.3 is 17.6 Å². The monoisotopic (exact) mass is 614 g/mol. The average molecular weight is 615 g/mol. The molecular weight excluding hydrogens is 592 g/mol. The second-order valence-corrected chi connectivity index (χ2v) is 8.81. The number of carbonyl (C=O) groups excluding carboxylic acids is 3. The number of non-ortho nitro benzene ring substituents is 1. The van der Waals surface area contributed by atoms with E-state index in [1.807, 2.05) is 0 Å². The fourth-order valence-electron chi connectivity index (χ4n) is 3.69. The molecule has 1 N–H and O–H groups in total. The molecule has 0 heterocycles. The summed E-state index contributed by atoms with van der Waals surface area (Å²) >= 11 is 0. The number of methoxy groups -OCH3 is 1. The maximum absolute atomic E-state index is 12.7. The van der Waals surface area contributed by atoms with E-state index >= 15 is 0 Å². The fourth-order valence-corrected chi connectivity index (χ4v) is 3.69. The SMILES string of the molecule is COc1cc([N+](=O)[O-])cc([N+](=O)[O-])c1OCC(=O)N/N=C/c1ccc(OC(=O)c2ccccc2)c(OC(=O)c2ccccc2)c1. The number of rotatable bonds is 12.